The van der Waals surface area contributed by atoms with Gasteiger partial charge in [-0.25, -0.2) is 0 Å². The van der Waals surface area contributed by atoms with Gasteiger partial charge in [-0.15, -0.1) is 0 Å². The minimum Gasteiger partial charge on any atom is -0.461 e. The standard InChI is InChI=1S/C26H38O2/c1-20(15-16-24-22(3)12-9-18-26(24,4)5)10-8-11-21(2)17-19-28-25(27)23-13-6-7-14-23/h8,10-11,15-17,23H,6-7,9,12-14,18-19H2,1-5H3. The van der Waals surface area contributed by atoms with Crippen LogP contribution in [0, 0.1) is 11.3 Å². The van der Waals surface area contributed by atoms with Gasteiger partial charge in [0, 0.05) is 0 Å². The zero-order valence-corrected chi connectivity index (χ0v) is 18.5. The highest BCUT2D eigenvalue weighted by Gasteiger charge is 2.26. The molecule has 2 nitrogen and oxygen atoms in total. The van der Waals surface area contributed by atoms with Gasteiger partial charge in [-0.3, -0.25) is 4.79 Å². The Morgan fingerprint density at radius 2 is 1.82 bits per heavy atom. The van der Waals surface area contributed by atoms with Crippen LogP contribution in [0.25, 0.3) is 0 Å². The number of hydrogen-bond acceptors (Lipinski definition) is 2. The molecule has 154 valence electrons. The molecule has 0 N–H and O–H groups in total. The van der Waals surface area contributed by atoms with Crippen LogP contribution in [-0.2, 0) is 9.53 Å². The first-order valence-electron chi connectivity index (χ1n) is 10.9. The molecular weight excluding hydrogens is 344 g/mol. The summed E-state index contributed by atoms with van der Waals surface area (Å²) in [4.78, 5) is 11.9. The molecule has 0 amide bonds. The first-order chi connectivity index (χ1) is 13.3. The lowest BCUT2D eigenvalue weighted by molar-refractivity contribution is -0.147. The fourth-order valence-corrected chi connectivity index (χ4v) is 4.24. The van der Waals surface area contributed by atoms with Crippen molar-refractivity contribution in [2.45, 2.75) is 79.6 Å². The Morgan fingerprint density at radius 3 is 2.50 bits per heavy atom. The quantitative estimate of drug-likeness (QED) is 0.342. The molecule has 1 saturated carbocycles. The minimum atomic E-state index is -0.0263. The molecule has 0 aromatic carbocycles. The molecule has 0 saturated heterocycles. The Hall–Kier alpha value is -1.83. The molecule has 2 heteroatoms. The molecular formula is C26H38O2. The Kier molecular flexibility index (Phi) is 8.54. The average molecular weight is 383 g/mol. The molecule has 0 radical (unpaired) electrons. The van der Waals surface area contributed by atoms with Gasteiger partial charge in [0.25, 0.3) is 0 Å². The van der Waals surface area contributed by atoms with Crippen LogP contribution in [0.15, 0.2) is 58.7 Å². The zero-order valence-electron chi connectivity index (χ0n) is 18.5. The molecule has 28 heavy (non-hydrogen) atoms. The van der Waals surface area contributed by atoms with E-state index in [2.05, 4.69) is 58.1 Å². The highest BCUT2D eigenvalue weighted by Crippen LogP contribution is 2.40. The first kappa shape index (κ1) is 22.5. The van der Waals surface area contributed by atoms with Gasteiger partial charge in [0.2, 0.25) is 0 Å². The second kappa shape index (κ2) is 10.6. The fourth-order valence-electron chi connectivity index (χ4n) is 4.24. The summed E-state index contributed by atoms with van der Waals surface area (Å²) in [6.45, 7) is 11.5. The topological polar surface area (TPSA) is 26.3 Å². The van der Waals surface area contributed by atoms with Crippen LogP contribution < -0.4 is 0 Å². The van der Waals surface area contributed by atoms with Crippen molar-refractivity contribution in [1.82, 2.24) is 0 Å². The number of carbonyl (C=O) groups excluding carboxylic acids is 1. The van der Waals surface area contributed by atoms with Crippen molar-refractivity contribution in [3.8, 4) is 0 Å². The Bertz CT molecular complexity index is 692. The highest BCUT2D eigenvalue weighted by atomic mass is 16.5. The van der Waals surface area contributed by atoms with E-state index >= 15 is 0 Å². The van der Waals surface area contributed by atoms with Gasteiger partial charge in [0.15, 0.2) is 0 Å². The van der Waals surface area contributed by atoms with Crippen LogP contribution in [0.1, 0.15) is 79.6 Å². The van der Waals surface area contributed by atoms with E-state index < -0.39 is 0 Å². The molecule has 0 heterocycles. The first-order valence-corrected chi connectivity index (χ1v) is 10.9. The molecule has 2 rings (SSSR count). The van der Waals surface area contributed by atoms with E-state index in [0.717, 1.165) is 31.3 Å². The van der Waals surface area contributed by atoms with Crippen LogP contribution in [0.2, 0.25) is 0 Å². The van der Waals surface area contributed by atoms with E-state index in [4.69, 9.17) is 4.74 Å². The van der Waals surface area contributed by atoms with E-state index in [1.54, 1.807) is 0 Å². The van der Waals surface area contributed by atoms with Gasteiger partial charge in [0.05, 0.1) is 5.92 Å². The maximum Gasteiger partial charge on any atom is 0.309 e. The van der Waals surface area contributed by atoms with E-state index in [-0.39, 0.29) is 17.3 Å². The van der Waals surface area contributed by atoms with Crippen molar-refractivity contribution in [3.63, 3.8) is 0 Å². The highest BCUT2D eigenvalue weighted by molar-refractivity contribution is 5.72. The molecule has 0 atom stereocenters. The van der Waals surface area contributed by atoms with Crippen molar-refractivity contribution in [3.05, 3.63) is 58.7 Å². The summed E-state index contributed by atoms with van der Waals surface area (Å²) in [5.74, 6) is 0.108. The van der Waals surface area contributed by atoms with Crippen molar-refractivity contribution < 1.29 is 9.53 Å². The number of hydrogen-bond donors (Lipinski definition) is 0. The maximum atomic E-state index is 11.9. The van der Waals surface area contributed by atoms with E-state index in [0.29, 0.717) is 6.61 Å². The van der Waals surface area contributed by atoms with Gasteiger partial charge in [-0.2, -0.15) is 0 Å². The summed E-state index contributed by atoms with van der Waals surface area (Å²) in [7, 11) is 0. The lowest BCUT2D eigenvalue weighted by Gasteiger charge is -2.32. The number of allylic oxidation sites excluding steroid dienone is 9. The Balaban J connectivity index is 1.83. The molecule has 0 aromatic rings. The SMILES string of the molecule is CC(C=CC1=C(C)CCCC1(C)C)=CC=CC(C)=CCOC(=O)C1CCCC1. The molecule has 0 aliphatic heterocycles. The zero-order chi connectivity index (χ0) is 20.6. The summed E-state index contributed by atoms with van der Waals surface area (Å²) in [5.41, 5.74) is 5.65. The third kappa shape index (κ3) is 6.96. The number of carbonyl (C=O) groups is 1. The maximum absolute atomic E-state index is 11.9. The average Bonchev–Trinajstić information content (AvgIpc) is 3.15. The normalized spacial score (nSPS) is 21.9. The van der Waals surface area contributed by atoms with Crippen molar-refractivity contribution in [1.29, 1.82) is 0 Å². The monoisotopic (exact) mass is 382 g/mol. The number of ether oxygens (including phenoxy) is 1. The van der Waals surface area contributed by atoms with E-state index in [1.165, 1.54) is 36.0 Å². The molecule has 0 spiro atoms. The van der Waals surface area contributed by atoms with Gasteiger partial charge >= 0.3 is 5.97 Å². The fraction of sp³-hybridized carbons (Fsp3) is 0.577. The van der Waals surface area contributed by atoms with Crippen LogP contribution in [0.5, 0.6) is 0 Å². The van der Waals surface area contributed by atoms with Crippen molar-refractivity contribution in [2.75, 3.05) is 6.61 Å². The van der Waals surface area contributed by atoms with Gasteiger partial charge in [0.1, 0.15) is 6.61 Å². The summed E-state index contributed by atoms with van der Waals surface area (Å²) >= 11 is 0. The van der Waals surface area contributed by atoms with Gasteiger partial charge in [-0.1, -0.05) is 73.8 Å². The summed E-state index contributed by atoms with van der Waals surface area (Å²) in [6, 6.07) is 0. The smallest absolute Gasteiger partial charge is 0.309 e. The molecule has 0 unspecified atom stereocenters. The Labute approximate surface area is 172 Å². The predicted octanol–water partition coefficient (Wildman–Crippen LogP) is 7.25. The largest absolute Gasteiger partial charge is 0.461 e. The van der Waals surface area contributed by atoms with Gasteiger partial charge < -0.3 is 4.74 Å². The predicted molar refractivity (Wildman–Crippen MR) is 119 cm³/mol. The lowest BCUT2D eigenvalue weighted by Crippen LogP contribution is -2.19. The van der Waals surface area contributed by atoms with Gasteiger partial charge in [-0.05, 0) is 69.9 Å². The molecule has 1 fully saturated rings. The Morgan fingerprint density at radius 1 is 1.11 bits per heavy atom. The number of rotatable bonds is 7. The van der Waals surface area contributed by atoms with Crippen LogP contribution in [0.4, 0.5) is 0 Å². The summed E-state index contributed by atoms with van der Waals surface area (Å²) < 4.78 is 5.38. The summed E-state index contributed by atoms with van der Waals surface area (Å²) in [5, 5.41) is 0. The third-order valence-corrected chi connectivity index (χ3v) is 6.09. The van der Waals surface area contributed by atoms with Crippen molar-refractivity contribution >= 4 is 5.97 Å². The molecule has 0 aromatic heterocycles. The number of esters is 1. The third-order valence-electron chi connectivity index (χ3n) is 6.09. The van der Waals surface area contributed by atoms with Crippen LogP contribution >= 0.6 is 0 Å². The minimum absolute atomic E-state index is 0.0263. The van der Waals surface area contributed by atoms with E-state index in [1.807, 2.05) is 13.0 Å². The summed E-state index contributed by atoms with van der Waals surface area (Å²) in [6.07, 6.45) is 20.9. The van der Waals surface area contributed by atoms with Crippen LogP contribution in [0.3, 0.4) is 0 Å². The van der Waals surface area contributed by atoms with Crippen molar-refractivity contribution in [2.24, 2.45) is 11.3 Å². The van der Waals surface area contributed by atoms with Crippen LogP contribution in [-0.4, -0.2) is 12.6 Å². The second-order valence-electron chi connectivity index (χ2n) is 9.09. The van der Waals surface area contributed by atoms with E-state index in [9.17, 15) is 4.79 Å². The second-order valence-corrected chi connectivity index (χ2v) is 9.09. The molecule has 0 bridgehead atoms. The lowest BCUT2D eigenvalue weighted by atomic mass is 9.72. The molecule has 2 aliphatic carbocycles. The molecule has 2 aliphatic rings.